The Morgan fingerprint density at radius 2 is 2.48 bits per heavy atom. The Bertz CT molecular complexity index is 617. The zero-order chi connectivity index (χ0) is 14.3. The van der Waals surface area contributed by atoms with Crippen molar-refractivity contribution in [1.29, 1.82) is 0 Å². The van der Waals surface area contributed by atoms with E-state index in [2.05, 4.69) is 15.2 Å². The molecule has 1 N–H and O–H groups in total. The molecular weight excluding hydrogens is 286 g/mol. The van der Waals surface area contributed by atoms with E-state index >= 15 is 0 Å². The second-order valence-electron chi connectivity index (χ2n) is 5.87. The van der Waals surface area contributed by atoms with Crippen molar-refractivity contribution in [1.82, 2.24) is 15.2 Å². The van der Waals surface area contributed by atoms with Crippen molar-refractivity contribution in [3.63, 3.8) is 0 Å². The van der Waals surface area contributed by atoms with Gasteiger partial charge >= 0.3 is 0 Å². The van der Waals surface area contributed by atoms with Crippen LogP contribution in [0, 0.1) is 5.92 Å². The monoisotopic (exact) mass is 303 g/mol. The molecule has 2 bridgehead atoms. The lowest BCUT2D eigenvalue weighted by atomic mass is 9.72. The molecule has 0 radical (unpaired) electrons. The molecule has 4 heterocycles. The molecular formula is C15H17N3O2S. The fraction of sp³-hybridized carbons (Fsp3) is 0.467. The number of carbonyl (C=O) groups excluding carboxylic acids is 1. The van der Waals surface area contributed by atoms with Crippen LogP contribution in [0.2, 0.25) is 0 Å². The minimum Gasteiger partial charge on any atom is -0.467 e. The van der Waals surface area contributed by atoms with Crippen LogP contribution in [0.1, 0.15) is 23.6 Å². The summed E-state index contributed by atoms with van der Waals surface area (Å²) in [6.07, 6.45) is 5.40. The van der Waals surface area contributed by atoms with Crippen LogP contribution in [0.4, 0.5) is 0 Å². The summed E-state index contributed by atoms with van der Waals surface area (Å²) in [5.41, 5.74) is -0.317. The van der Waals surface area contributed by atoms with Crippen LogP contribution in [0.3, 0.4) is 0 Å². The molecule has 2 aromatic rings. The quantitative estimate of drug-likeness (QED) is 0.918. The van der Waals surface area contributed by atoms with Crippen LogP contribution in [-0.4, -0.2) is 27.9 Å². The molecule has 2 aliphatic heterocycles. The third-order valence-electron chi connectivity index (χ3n) is 4.57. The standard InChI is InChI=1S/C15H17N3O2S/c19-14(17-8-12-2-1-4-20-12)15-6-11(7-15)9-18(15)10-13-16-3-5-21-13/h1-5,11H,6-10H2,(H,17,19). The van der Waals surface area contributed by atoms with Crippen molar-refractivity contribution in [2.45, 2.75) is 31.5 Å². The molecule has 6 heteroatoms. The minimum atomic E-state index is -0.317. The van der Waals surface area contributed by atoms with Gasteiger partial charge in [-0.25, -0.2) is 4.98 Å². The van der Waals surface area contributed by atoms with Crippen LogP contribution in [0.15, 0.2) is 34.4 Å². The van der Waals surface area contributed by atoms with Crippen LogP contribution in [-0.2, 0) is 17.9 Å². The number of amides is 1. The Morgan fingerprint density at radius 3 is 3.19 bits per heavy atom. The molecule has 5 rings (SSSR count). The van der Waals surface area contributed by atoms with Gasteiger partial charge in [-0.2, -0.15) is 0 Å². The van der Waals surface area contributed by atoms with Gasteiger partial charge in [-0.3, -0.25) is 9.69 Å². The van der Waals surface area contributed by atoms with E-state index in [4.69, 9.17) is 4.42 Å². The maximum Gasteiger partial charge on any atom is 0.240 e. The van der Waals surface area contributed by atoms with Crippen molar-refractivity contribution in [3.05, 3.63) is 40.7 Å². The van der Waals surface area contributed by atoms with E-state index in [1.807, 2.05) is 23.7 Å². The summed E-state index contributed by atoms with van der Waals surface area (Å²) in [5.74, 6) is 1.59. The van der Waals surface area contributed by atoms with Crippen LogP contribution in [0.5, 0.6) is 0 Å². The first kappa shape index (κ1) is 13.0. The maximum atomic E-state index is 12.6. The van der Waals surface area contributed by atoms with Crippen molar-refractivity contribution in [2.24, 2.45) is 5.92 Å². The third kappa shape index (κ3) is 2.18. The lowest BCUT2D eigenvalue weighted by Gasteiger charge is -2.40. The largest absolute Gasteiger partial charge is 0.467 e. The Balaban J connectivity index is 1.43. The van der Waals surface area contributed by atoms with Gasteiger partial charge in [0.2, 0.25) is 5.91 Å². The molecule has 110 valence electrons. The Hall–Kier alpha value is -1.66. The normalized spacial score (nSPS) is 27.5. The molecule has 2 aromatic heterocycles. The molecule has 21 heavy (non-hydrogen) atoms. The summed E-state index contributed by atoms with van der Waals surface area (Å²) in [7, 11) is 0. The van der Waals surface area contributed by atoms with Gasteiger partial charge in [0.05, 0.1) is 19.4 Å². The first-order valence-electron chi connectivity index (χ1n) is 7.20. The zero-order valence-corrected chi connectivity index (χ0v) is 12.4. The molecule has 5 nitrogen and oxygen atoms in total. The van der Waals surface area contributed by atoms with Crippen molar-refractivity contribution in [3.8, 4) is 0 Å². The molecule has 2 saturated heterocycles. The van der Waals surface area contributed by atoms with Crippen LogP contribution < -0.4 is 5.32 Å². The number of nitrogens with zero attached hydrogens (tertiary/aromatic N) is 2. The van der Waals surface area contributed by atoms with Gasteiger partial charge in [0, 0.05) is 18.1 Å². The lowest BCUT2D eigenvalue weighted by molar-refractivity contribution is -0.135. The number of carbonyl (C=O) groups is 1. The van der Waals surface area contributed by atoms with E-state index in [9.17, 15) is 4.79 Å². The Morgan fingerprint density at radius 1 is 1.57 bits per heavy atom. The molecule has 3 fully saturated rings. The van der Waals surface area contributed by atoms with E-state index in [0.29, 0.717) is 12.5 Å². The molecule has 1 saturated carbocycles. The smallest absolute Gasteiger partial charge is 0.240 e. The number of aromatic nitrogens is 1. The summed E-state index contributed by atoms with van der Waals surface area (Å²) in [6.45, 7) is 2.25. The molecule has 0 atom stereocenters. The number of rotatable bonds is 5. The van der Waals surface area contributed by atoms with Gasteiger partial charge in [0.1, 0.15) is 16.3 Å². The zero-order valence-electron chi connectivity index (χ0n) is 11.6. The van der Waals surface area contributed by atoms with Crippen molar-refractivity contribution < 1.29 is 9.21 Å². The average Bonchev–Trinajstić information content (AvgIpc) is 3.19. The molecule has 1 aliphatic carbocycles. The number of hydrogen-bond acceptors (Lipinski definition) is 5. The van der Waals surface area contributed by atoms with Gasteiger partial charge in [0.15, 0.2) is 0 Å². The van der Waals surface area contributed by atoms with Gasteiger partial charge in [-0.05, 0) is 30.9 Å². The van der Waals surface area contributed by atoms with E-state index in [0.717, 1.165) is 36.7 Å². The number of fused-ring (bicyclic) bond motifs is 1. The van der Waals surface area contributed by atoms with E-state index in [-0.39, 0.29) is 11.4 Å². The summed E-state index contributed by atoms with van der Waals surface area (Å²) < 4.78 is 5.27. The van der Waals surface area contributed by atoms with Gasteiger partial charge < -0.3 is 9.73 Å². The number of furan rings is 1. The predicted octanol–water partition coefficient (Wildman–Crippen LogP) is 2.02. The van der Waals surface area contributed by atoms with Crippen molar-refractivity contribution in [2.75, 3.05) is 6.54 Å². The minimum absolute atomic E-state index is 0.129. The van der Waals surface area contributed by atoms with Crippen molar-refractivity contribution >= 4 is 17.2 Å². The molecule has 0 aromatic carbocycles. The van der Waals surface area contributed by atoms with Gasteiger partial charge in [-0.15, -0.1) is 11.3 Å². The highest BCUT2D eigenvalue weighted by molar-refractivity contribution is 7.09. The second-order valence-corrected chi connectivity index (χ2v) is 6.85. The summed E-state index contributed by atoms with van der Waals surface area (Å²) in [6, 6.07) is 3.72. The topological polar surface area (TPSA) is 58.4 Å². The van der Waals surface area contributed by atoms with Gasteiger partial charge in [-0.1, -0.05) is 0 Å². The number of hydrogen-bond donors (Lipinski definition) is 1. The molecule has 0 spiro atoms. The molecule has 0 unspecified atom stereocenters. The highest BCUT2D eigenvalue weighted by atomic mass is 32.1. The lowest BCUT2D eigenvalue weighted by Crippen LogP contribution is -2.57. The fourth-order valence-corrected chi connectivity index (χ4v) is 4.18. The van der Waals surface area contributed by atoms with Crippen LogP contribution in [0.25, 0.3) is 0 Å². The average molecular weight is 303 g/mol. The Labute approximate surface area is 127 Å². The summed E-state index contributed by atoms with van der Waals surface area (Å²) >= 11 is 1.65. The first-order valence-corrected chi connectivity index (χ1v) is 8.08. The third-order valence-corrected chi connectivity index (χ3v) is 5.34. The van der Waals surface area contributed by atoms with E-state index in [1.54, 1.807) is 17.6 Å². The fourth-order valence-electron chi connectivity index (χ4n) is 3.55. The van der Waals surface area contributed by atoms with Crippen LogP contribution >= 0.6 is 11.3 Å². The maximum absolute atomic E-state index is 12.6. The predicted molar refractivity (Wildman–Crippen MR) is 78.5 cm³/mol. The Kier molecular flexibility index (Phi) is 3.08. The number of nitrogens with one attached hydrogen (secondary N) is 1. The summed E-state index contributed by atoms with van der Waals surface area (Å²) in [5, 5.41) is 6.09. The SMILES string of the molecule is O=C(NCc1ccco1)C12CC(CN1Cc1nccs1)C2. The highest BCUT2D eigenvalue weighted by Crippen LogP contribution is 2.51. The molecule has 1 amide bonds. The van der Waals surface area contributed by atoms with E-state index < -0.39 is 0 Å². The van der Waals surface area contributed by atoms with E-state index in [1.165, 1.54) is 0 Å². The first-order chi connectivity index (χ1) is 10.3. The van der Waals surface area contributed by atoms with Gasteiger partial charge in [0.25, 0.3) is 0 Å². The number of thiazole rings is 1. The summed E-state index contributed by atoms with van der Waals surface area (Å²) in [4.78, 5) is 19.3. The second kappa shape index (κ2) is 4.96. The highest BCUT2D eigenvalue weighted by Gasteiger charge is 2.60. The molecule has 3 aliphatic rings.